The zero-order chi connectivity index (χ0) is 15.8. The lowest BCUT2D eigenvalue weighted by atomic mass is 10.3. The largest absolute Gasteiger partial charge is 0.338 e. The van der Waals surface area contributed by atoms with Crippen molar-refractivity contribution in [3.05, 3.63) is 34.7 Å². The number of hydrogen-bond donors (Lipinski definition) is 1. The van der Waals surface area contributed by atoms with Crippen molar-refractivity contribution in [1.29, 1.82) is 0 Å². The first kappa shape index (κ1) is 16.9. The Morgan fingerprint density at radius 2 is 2.27 bits per heavy atom. The minimum atomic E-state index is 0.0305. The third kappa shape index (κ3) is 5.09. The van der Waals surface area contributed by atoms with Crippen LogP contribution in [0.25, 0.3) is 0 Å². The molecule has 6 heteroatoms. The summed E-state index contributed by atoms with van der Waals surface area (Å²) in [6, 6.07) is 5.23. The highest BCUT2D eigenvalue weighted by Gasteiger charge is 2.22. The van der Waals surface area contributed by atoms with E-state index >= 15 is 0 Å². The molecule has 2 amide bonds. The second-order valence-corrected chi connectivity index (χ2v) is 6.93. The Labute approximate surface area is 136 Å². The van der Waals surface area contributed by atoms with Crippen molar-refractivity contribution in [1.82, 2.24) is 14.8 Å². The van der Waals surface area contributed by atoms with Crippen LogP contribution in [0.1, 0.15) is 26.2 Å². The van der Waals surface area contributed by atoms with Gasteiger partial charge in [0.05, 0.1) is 0 Å². The van der Waals surface area contributed by atoms with Crippen LogP contribution in [0, 0.1) is 0 Å². The van der Waals surface area contributed by atoms with Crippen LogP contribution in [0.5, 0.6) is 0 Å². The zero-order valence-corrected chi connectivity index (χ0v) is 14.0. The number of nitrogens with zero attached hydrogens (tertiary/aromatic N) is 2. The number of aromatic nitrogens is 1. The third-order valence-electron chi connectivity index (χ3n) is 3.88. The predicted octanol–water partition coefficient (Wildman–Crippen LogP) is 2.17. The van der Waals surface area contributed by atoms with Crippen molar-refractivity contribution in [3.63, 3.8) is 0 Å². The summed E-state index contributed by atoms with van der Waals surface area (Å²) in [6.45, 7) is 5.23. The van der Waals surface area contributed by atoms with Crippen molar-refractivity contribution >= 4 is 17.8 Å². The first-order chi connectivity index (χ1) is 10.7. The Bertz CT molecular complexity index is 532. The molecule has 0 bridgehead atoms. The summed E-state index contributed by atoms with van der Waals surface area (Å²) in [7, 11) is 0. The van der Waals surface area contributed by atoms with Crippen LogP contribution < -0.4 is 10.9 Å². The Balaban J connectivity index is 1.63. The minimum absolute atomic E-state index is 0.0305. The van der Waals surface area contributed by atoms with E-state index < -0.39 is 0 Å². The smallest absolute Gasteiger partial charge is 0.317 e. The van der Waals surface area contributed by atoms with Gasteiger partial charge in [-0.25, -0.2) is 4.79 Å². The number of thioether (sulfide) groups is 1. The first-order valence-electron chi connectivity index (χ1n) is 8.00. The van der Waals surface area contributed by atoms with E-state index in [1.165, 1.54) is 0 Å². The van der Waals surface area contributed by atoms with Crippen LogP contribution in [-0.2, 0) is 6.54 Å². The molecule has 1 atom stereocenters. The average molecular weight is 323 g/mol. The van der Waals surface area contributed by atoms with Crippen LogP contribution in [0.3, 0.4) is 0 Å². The van der Waals surface area contributed by atoms with Crippen LogP contribution in [-0.4, -0.2) is 46.1 Å². The van der Waals surface area contributed by atoms with E-state index in [0.29, 0.717) is 18.3 Å². The molecule has 0 radical (unpaired) electrons. The number of amides is 2. The van der Waals surface area contributed by atoms with E-state index in [-0.39, 0.29) is 11.6 Å². The minimum Gasteiger partial charge on any atom is -0.338 e. The van der Waals surface area contributed by atoms with E-state index in [4.69, 9.17) is 0 Å². The van der Waals surface area contributed by atoms with Gasteiger partial charge < -0.3 is 14.8 Å². The molecule has 1 saturated heterocycles. The molecular formula is C16H25N3O2S. The van der Waals surface area contributed by atoms with Gasteiger partial charge in [0.1, 0.15) is 0 Å². The standard InChI is InChI=1S/C16H25N3O2S/c1-2-14-13-19(11-12-22-14)16(21)17-8-4-6-10-18-9-5-3-7-15(18)20/h3,5,7,9,14H,2,4,6,8,10-13H2,1H3,(H,17,21). The quantitative estimate of drug-likeness (QED) is 0.816. The van der Waals surface area contributed by atoms with Crippen molar-refractivity contribution in [2.45, 2.75) is 38.0 Å². The Hall–Kier alpha value is -1.43. The van der Waals surface area contributed by atoms with Gasteiger partial charge in [-0.2, -0.15) is 11.8 Å². The van der Waals surface area contributed by atoms with Crippen LogP contribution in [0.15, 0.2) is 29.2 Å². The summed E-state index contributed by atoms with van der Waals surface area (Å²) in [5, 5.41) is 3.56. The van der Waals surface area contributed by atoms with E-state index in [2.05, 4.69) is 12.2 Å². The van der Waals surface area contributed by atoms with Gasteiger partial charge in [-0.05, 0) is 25.3 Å². The first-order valence-corrected chi connectivity index (χ1v) is 9.05. The zero-order valence-electron chi connectivity index (χ0n) is 13.2. The fourth-order valence-corrected chi connectivity index (χ4v) is 3.69. The monoisotopic (exact) mass is 323 g/mol. The van der Waals surface area contributed by atoms with Gasteiger partial charge in [0.2, 0.25) is 5.56 Å². The lowest BCUT2D eigenvalue weighted by molar-refractivity contribution is 0.199. The van der Waals surface area contributed by atoms with E-state index in [0.717, 1.165) is 38.1 Å². The van der Waals surface area contributed by atoms with Crippen molar-refractivity contribution in [2.24, 2.45) is 0 Å². The van der Waals surface area contributed by atoms with Crippen molar-refractivity contribution in [2.75, 3.05) is 25.4 Å². The number of carbonyl (C=O) groups excluding carboxylic acids is 1. The highest BCUT2D eigenvalue weighted by atomic mass is 32.2. The molecule has 1 aromatic heterocycles. The number of unbranched alkanes of at least 4 members (excludes halogenated alkanes) is 1. The molecule has 22 heavy (non-hydrogen) atoms. The van der Waals surface area contributed by atoms with Gasteiger partial charge >= 0.3 is 6.03 Å². The molecule has 0 saturated carbocycles. The third-order valence-corrected chi connectivity index (χ3v) is 5.25. The highest BCUT2D eigenvalue weighted by Crippen LogP contribution is 2.20. The highest BCUT2D eigenvalue weighted by molar-refractivity contribution is 8.00. The van der Waals surface area contributed by atoms with Gasteiger partial charge in [0.15, 0.2) is 0 Å². The molecule has 0 aromatic carbocycles. The fraction of sp³-hybridized carbons (Fsp3) is 0.625. The molecular weight excluding hydrogens is 298 g/mol. The molecule has 1 aromatic rings. The maximum absolute atomic E-state index is 12.1. The van der Waals surface area contributed by atoms with Crippen molar-refractivity contribution < 1.29 is 4.79 Å². The van der Waals surface area contributed by atoms with Crippen LogP contribution >= 0.6 is 11.8 Å². The summed E-state index contributed by atoms with van der Waals surface area (Å²) >= 11 is 1.96. The fourth-order valence-electron chi connectivity index (χ4n) is 2.51. The SMILES string of the molecule is CCC1CN(C(=O)NCCCCn2ccccc2=O)CCS1. The maximum atomic E-state index is 12.1. The Kier molecular flexibility index (Phi) is 6.83. The van der Waals surface area contributed by atoms with Crippen LogP contribution in [0.4, 0.5) is 4.79 Å². The normalized spacial score (nSPS) is 18.2. The second kappa shape index (κ2) is 8.88. The molecule has 2 heterocycles. The molecule has 0 aliphatic carbocycles. The Morgan fingerprint density at radius 1 is 1.41 bits per heavy atom. The number of pyridine rings is 1. The number of nitrogens with one attached hydrogen (secondary N) is 1. The van der Waals surface area contributed by atoms with Crippen molar-refractivity contribution in [3.8, 4) is 0 Å². The average Bonchev–Trinajstić information content (AvgIpc) is 2.56. The molecule has 0 spiro atoms. The van der Waals surface area contributed by atoms with E-state index in [1.807, 2.05) is 22.7 Å². The molecule has 5 nitrogen and oxygen atoms in total. The summed E-state index contributed by atoms with van der Waals surface area (Å²) in [6.07, 6.45) is 4.68. The van der Waals surface area contributed by atoms with Crippen LogP contribution in [0.2, 0.25) is 0 Å². The van der Waals surface area contributed by atoms with Gasteiger partial charge in [-0.1, -0.05) is 13.0 Å². The maximum Gasteiger partial charge on any atom is 0.317 e. The molecule has 1 fully saturated rings. The lowest BCUT2D eigenvalue weighted by Crippen LogP contribution is -2.47. The van der Waals surface area contributed by atoms with E-state index in [1.54, 1.807) is 22.9 Å². The topological polar surface area (TPSA) is 54.3 Å². The second-order valence-electron chi connectivity index (χ2n) is 5.52. The molecule has 1 aliphatic heterocycles. The Morgan fingerprint density at radius 3 is 3.05 bits per heavy atom. The van der Waals surface area contributed by atoms with E-state index in [9.17, 15) is 9.59 Å². The van der Waals surface area contributed by atoms with Gasteiger partial charge in [-0.3, -0.25) is 4.79 Å². The molecule has 2 rings (SSSR count). The number of urea groups is 1. The molecule has 1 aliphatic rings. The van der Waals surface area contributed by atoms with Gasteiger partial charge in [0, 0.05) is 49.4 Å². The number of aryl methyl sites for hydroxylation is 1. The van der Waals surface area contributed by atoms with Gasteiger partial charge in [0.25, 0.3) is 0 Å². The summed E-state index contributed by atoms with van der Waals surface area (Å²) < 4.78 is 1.70. The number of rotatable bonds is 6. The number of carbonyl (C=O) groups is 1. The summed E-state index contributed by atoms with van der Waals surface area (Å²) in [5.41, 5.74) is 0.0305. The molecule has 122 valence electrons. The summed E-state index contributed by atoms with van der Waals surface area (Å²) in [4.78, 5) is 25.6. The lowest BCUT2D eigenvalue weighted by Gasteiger charge is -2.31. The summed E-state index contributed by atoms with van der Waals surface area (Å²) in [5.74, 6) is 1.03. The molecule has 1 unspecified atom stereocenters. The van der Waals surface area contributed by atoms with Gasteiger partial charge in [-0.15, -0.1) is 0 Å². The number of hydrogen-bond acceptors (Lipinski definition) is 3. The molecule has 1 N–H and O–H groups in total. The predicted molar refractivity (Wildman–Crippen MR) is 91.4 cm³/mol.